The molecule has 2 aromatic heterocycles. The molecule has 2 heterocycles. The SMILES string of the molecule is CCOC(=O)c1ccc(Cn2cnc3sc(C(=O)OCCOC)c(C)c3c2=O)cc1. The zero-order valence-corrected chi connectivity index (χ0v) is 17.8. The maximum atomic E-state index is 13.0. The number of ether oxygens (including phenoxy) is 3. The summed E-state index contributed by atoms with van der Waals surface area (Å²) in [5.41, 5.74) is 1.60. The van der Waals surface area contributed by atoms with Crippen LogP contribution in [0.15, 0.2) is 35.4 Å². The second-order valence-electron chi connectivity index (χ2n) is 6.46. The summed E-state index contributed by atoms with van der Waals surface area (Å²) in [7, 11) is 1.52. The predicted molar refractivity (Wildman–Crippen MR) is 112 cm³/mol. The monoisotopic (exact) mass is 430 g/mol. The average Bonchev–Trinajstić information content (AvgIpc) is 3.08. The summed E-state index contributed by atoms with van der Waals surface area (Å²) in [5, 5.41) is 0.407. The van der Waals surface area contributed by atoms with E-state index in [1.165, 1.54) is 18.0 Å². The highest BCUT2D eigenvalue weighted by Gasteiger charge is 2.20. The first-order valence-corrected chi connectivity index (χ1v) is 10.2. The van der Waals surface area contributed by atoms with Crippen LogP contribution in [-0.2, 0) is 20.8 Å². The summed E-state index contributed by atoms with van der Waals surface area (Å²) >= 11 is 1.14. The Labute approximate surface area is 177 Å². The number of methoxy groups -OCH3 is 1. The Balaban J connectivity index is 1.85. The van der Waals surface area contributed by atoms with Gasteiger partial charge in [0.15, 0.2) is 0 Å². The van der Waals surface area contributed by atoms with Crippen LogP contribution in [-0.4, -0.2) is 48.4 Å². The van der Waals surface area contributed by atoms with Crippen LogP contribution in [0.4, 0.5) is 0 Å². The van der Waals surface area contributed by atoms with Gasteiger partial charge in [-0.3, -0.25) is 9.36 Å². The van der Waals surface area contributed by atoms with E-state index in [2.05, 4.69) is 4.98 Å². The van der Waals surface area contributed by atoms with Gasteiger partial charge in [0.05, 0.1) is 37.0 Å². The molecule has 9 heteroatoms. The number of esters is 2. The standard InChI is InChI=1S/C21H22N2O6S/c1-4-28-20(25)15-7-5-14(6-8-15)11-23-12-22-18-16(19(23)24)13(2)17(30-18)21(26)29-10-9-27-3/h5-8,12H,4,9-11H2,1-3H3. The number of aryl methyl sites for hydroxylation is 1. The normalized spacial score (nSPS) is 10.9. The minimum atomic E-state index is -0.493. The molecule has 158 valence electrons. The molecule has 0 bridgehead atoms. The lowest BCUT2D eigenvalue weighted by Crippen LogP contribution is -2.21. The molecule has 0 aliphatic rings. The molecule has 0 saturated heterocycles. The number of hydrogen-bond acceptors (Lipinski definition) is 8. The van der Waals surface area contributed by atoms with Crippen LogP contribution in [0.3, 0.4) is 0 Å². The summed E-state index contributed by atoms with van der Waals surface area (Å²) < 4.78 is 16.5. The van der Waals surface area contributed by atoms with Crippen molar-refractivity contribution < 1.29 is 23.8 Å². The summed E-state index contributed by atoms with van der Waals surface area (Å²) in [6, 6.07) is 6.85. The van der Waals surface area contributed by atoms with Crippen molar-refractivity contribution in [3.63, 3.8) is 0 Å². The van der Waals surface area contributed by atoms with E-state index in [1.54, 1.807) is 38.1 Å². The van der Waals surface area contributed by atoms with Crippen molar-refractivity contribution in [2.45, 2.75) is 20.4 Å². The first-order valence-electron chi connectivity index (χ1n) is 9.37. The van der Waals surface area contributed by atoms with Gasteiger partial charge in [-0.05, 0) is 37.1 Å². The molecule has 8 nitrogen and oxygen atoms in total. The third-order valence-electron chi connectivity index (χ3n) is 4.44. The van der Waals surface area contributed by atoms with Gasteiger partial charge in [0.25, 0.3) is 5.56 Å². The van der Waals surface area contributed by atoms with Gasteiger partial charge in [-0.15, -0.1) is 11.3 Å². The van der Waals surface area contributed by atoms with Gasteiger partial charge in [0, 0.05) is 7.11 Å². The first kappa shape index (κ1) is 21.7. The molecule has 0 spiro atoms. The second kappa shape index (κ2) is 9.64. The van der Waals surface area contributed by atoms with Gasteiger partial charge in [-0.2, -0.15) is 0 Å². The molecule has 0 aliphatic carbocycles. The number of rotatable bonds is 8. The fraction of sp³-hybridized carbons (Fsp3) is 0.333. The minimum absolute atomic E-state index is 0.141. The number of thiophene rings is 1. The molecule has 3 rings (SSSR count). The van der Waals surface area contributed by atoms with Gasteiger partial charge in [-0.25, -0.2) is 14.6 Å². The number of nitrogens with zero attached hydrogens (tertiary/aromatic N) is 2. The molecule has 3 aromatic rings. The van der Waals surface area contributed by atoms with Crippen LogP contribution in [0.1, 0.15) is 38.1 Å². The van der Waals surface area contributed by atoms with E-state index in [9.17, 15) is 14.4 Å². The van der Waals surface area contributed by atoms with Crippen LogP contribution in [0.25, 0.3) is 10.2 Å². The molecule has 1 aromatic carbocycles. The Morgan fingerprint density at radius 2 is 1.83 bits per heavy atom. The molecular formula is C21H22N2O6S. The van der Waals surface area contributed by atoms with E-state index < -0.39 is 5.97 Å². The van der Waals surface area contributed by atoms with E-state index in [1.807, 2.05) is 0 Å². The van der Waals surface area contributed by atoms with Crippen molar-refractivity contribution in [3.8, 4) is 0 Å². The fourth-order valence-corrected chi connectivity index (χ4v) is 3.94. The highest BCUT2D eigenvalue weighted by Crippen LogP contribution is 2.27. The summed E-state index contributed by atoms with van der Waals surface area (Å²) in [4.78, 5) is 42.2. The van der Waals surface area contributed by atoms with Crippen LogP contribution in [0, 0.1) is 6.92 Å². The molecule has 0 radical (unpaired) electrons. The van der Waals surface area contributed by atoms with Crippen molar-refractivity contribution in [1.82, 2.24) is 9.55 Å². The summed E-state index contributed by atoms with van der Waals surface area (Å²) in [5.74, 6) is -0.879. The van der Waals surface area contributed by atoms with Gasteiger partial charge < -0.3 is 14.2 Å². The number of benzene rings is 1. The highest BCUT2D eigenvalue weighted by molar-refractivity contribution is 7.20. The maximum absolute atomic E-state index is 13.0. The van der Waals surface area contributed by atoms with Crippen LogP contribution < -0.4 is 5.56 Å². The zero-order chi connectivity index (χ0) is 21.7. The van der Waals surface area contributed by atoms with Crippen molar-refractivity contribution in [1.29, 1.82) is 0 Å². The lowest BCUT2D eigenvalue weighted by molar-refractivity contribution is 0.0392. The Kier molecular flexibility index (Phi) is 6.96. The van der Waals surface area contributed by atoms with E-state index in [0.29, 0.717) is 39.4 Å². The third-order valence-corrected chi connectivity index (χ3v) is 5.62. The number of aromatic nitrogens is 2. The smallest absolute Gasteiger partial charge is 0.348 e. The van der Waals surface area contributed by atoms with E-state index in [-0.39, 0.29) is 24.7 Å². The molecule has 0 fully saturated rings. The minimum Gasteiger partial charge on any atom is -0.462 e. The topological polar surface area (TPSA) is 96.7 Å². The Hall–Kier alpha value is -3.04. The predicted octanol–water partition coefficient (Wildman–Crippen LogP) is 2.79. The average molecular weight is 430 g/mol. The van der Waals surface area contributed by atoms with Gasteiger partial charge in [-0.1, -0.05) is 12.1 Å². The molecule has 0 saturated carbocycles. The van der Waals surface area contributed by atoms with Crippen LogP contribution in [0.2, 0.25) is 0 Å². The second-order valence-corrected chi connectivity index (χ2v) is 7.46. The number of hydrogen-bond donors (Lipinski definition) is 0. The summed E-state index contributed by atoms with van der Waals surface area (Å²) in [6.45, 7) is 4.50. The van der Waals surface area contributed by atoms with Gasteiger partial charge in [0.2, 0.25) is 0 Å². The fourth-order valence-electron chi connectivity index (χ4n) is 2.91. The Morgan fingerprint density at radius 3 is 2.50 bits per heavy atom. The van der Waals surface area contributed by atoms with Gasteiger partial charge in [0.1, 0.15) is 16.3 Å². The zero-order valence-electron chi connectivity index (χ0n) is 17.0. The largest absolute Gasteiger partial charge is 0.462 e. The van der Waals surface area contributed by atoms with E-state index >= 15 is 0 Å². The third kappa shape index (κ3) is 4.58. The highest BCUT2D eigenvalue weighted by atomic mass is 32.1. The number of carbonyl (C=O) groups excluding carboxylic acids is 2. The lowest BCUT2D eigenvalue weighted by atomic mass is 10.1. The van der Waals surface area contributed by atoms with Crippen molar-refractivity contribution in [3.05, 3.63) is 62.5 Å². The van der Waals surface area contributed by atoms with Crippen LogP contribution in [0.5, 0.6) is 0 Å². The maximum Gasteiger partial charge on any atom is 0.348 e. The molecule has 30 heavy (non-hydrogen) atoms. The molecule has 0 atom stereocenters. The number of fused-ring (bicyclic) bond motifs is 1. The quantitative estimate of drug-likeness (QED) is 0.400. The molecule has 0 amide bonds. The van der Waals surface area contributed by atoms with E-state index in [0.717, 1.165) is 16.9 Å². The molecular weight excluding hydrogens is 408 g/mol. The van der Waals surface area contributed by atoms with E-state index in [4.69, 9.17) is 14.2 Å². The van der Waals surface area contributed by atoms with Crippen LogP contribution >= 0.6 is 11.3 Å². The molecule has 0 unspecified atom stereocenters. The molecule has 0 aliphatic heterocycles. The Bertz CT molecular complexity index is 1120. The van der Waals surface area contributed by atoms with Gasteiger partial charge >= 0.3 is 11.9 Å². The Morgan fingerprint density at radius 1 is 1.10 bits per heavy atom. The van der Waals surface area contributed by atoms with Crippen molar-refractivity contribution in [2.24, 2.45) is 0 Å². The number of carbonyl (C=O) groups is 2. The molecule has 0 N–H and O–H groups in total. The van der Waals surface area contributed by atoms with Crippen molar-refractivity contribution >= 4 is 33.5 Å². The first-order chi connectivity index (χ1) is 14.5. The summed E-state index contributed by atoms with van der Waals surface area (Å²) in [6.07, 6.45) is 1.46. The lowest BCUT2D eigenvalue weighted by Gasteiger charge is -2.07. The van der Waals surface area contributed by atoms with Crippen molar-refractivity contribution in [2.75, 3.05) is 26.9 Å².